The van der Waals surface area contributed by atoms with Crippen LogP contribution in [-0.4, -0.2) is 30.2 Å². The van der Waals surface area contributed by atoms with Crippen molar-refractivity contribution >= 4 is 27.3 Å². The molecule has 1 aliphatic heterocycles. The predicted octanol–water partition coefficient (Wildman–Crippen LogP) is 3.25. The molecule has 5 nitrogen and oxygen atoms in total. The van der Waals surface area contributed by atoms with Crippen molar-refractivity contribution in [2.75, 3.05) is 18.1 Å². The highest BCUT2D eigenvalue weighted by molar-refractivity contribution is 9.08. The smallest absolute Gasteiger partial charge is 0.273 e. The number of hydrogen-bond acceptors (Lipinski definition) is 4. The van der Waals surface area contributed by atoms with E-state index in [2.05, 4.69) is 20.8 Å². The molecule has 0 radical (unpaired) electrons. The van der Waals surface area contributed by atoms with Crippen LogP contribution in [-0.2, 0) is 10.1 Å². The summed E-state index contributed by atoms with van der Waals surface area (Å²) in [6, 6.07) is 5.84. The largest absolute Gasteiger partial charge is 0.374 e. The van der Waals surface area contributed by atoms with Crippen LogP contribution in [0.1, 0.15) is 24.8 Å². The van der Waals surface area contributed by atoms with Crippen LogP contribution < -0.4 is 4.90 Å². The normalized spacial score (nSPS) is 25.6. The molecule has 1 aromatic rings. The summed E-state index contributed by atoms with van der Waals surface area (Å²) in [7, 11) is 0. The Morgan fingerprint density at radius 2 is 2.30 bits per heavy atom. The lowest BCUT2D eigenvalue weighted by molar-refractivity contribution is -0.385. The number of ether oxygens (including phenoxy) is 1. The highest BCUT2D eigenvalue weighted by Gasteiger charge is 2.36. The van der Waals surface area contributed by atoms with E-state index in [0.717, 1.165) is 37.2 Å². The first kappa shape index (κ1) is 13.8. The molecule has 20 heavy (non-hydrogen) atoms. The van der Waals surface area contributed by atoms with E-state index in [9.17, 15) is 10.1 Å². The van der Waals surface area contributed by atoms with Gasteiger partial charge in [-0.3, -0.25) is 10.1 Å². The maximum atomic E-state index is 11.0. The van der Waals surface area contributed by atoms with Gasteiger partial charge in [0.15, 0.2) is 0 Å². The molecule has 0 aromatic heterocycles. The van der Waals surface area contributed by atoms with Crippen LogP contribution in [0, 0.1) is 10.1 Å². The van der Waals surface area contributed by atoms with Crippen molar-refractivity contribution in [1.82, 2.24) is 0 Å². The Morgan fingerprint density at radius 1 is 1.45 bits per heavy atom. The van der Waals surface area contributed by atoms with E-state index < -0.39 is 0 Å². The second-order valence-corrected chi connectivity index (χ2v) is 5.87. The number of halogens is 1. The van der Waals surface area contributed by atoms with E-state index in [1.807, 2.05) is 12.1 Å². The maximum absolute atomic E-state index is 11.0. The van der Waals surface area contributed by atoms with Gasteiger partial charge in [0.1, 0.15) is 0 Å². The van der Waals surface area contributed by atoms with Gasteiger partial charge in [0.05, 0.1) is 23.7 Å². The number of hydrogen-bond donors (Lipinski definition) is 0. The van der Waals surface area contributed by atoms with E-state index in [0.29, 0.717) is 17.5 Å². The number of anilines is 1. The minimum atomic E-state index is -0.321. The third-order valence-corrected chi connectivity index (χ3v) is 4.82. The summed E-state index contributed by atoms with van der Waals surface area (Å²) in [6.07, 6.45) is 3.79. The highest BCUT2D eigenvalue weighted by Crippen LogP contribution is 2.35. The molecule has 1 aromatic carbocycles. The molecular weight excluding hydrogens is 324 g/mol. The second-order valence-electron chi connectivity index (χ2n) is 5.30. The fraction of sp³-hybridized carbons (Fsp3) is 0.571. The SMILES string of the molecule is O=[N+]([O-])c1ccc(N2CCOC3CCCC32)cc1CBr. The molecule has 108 valence electrons. The van der Waals surface area contributed by atoms with Crippen LogP contribution in [0.15, 0.2) is 18.2 Å². The van der Waals surface area contributed by atoms with Crippen molar-refractivity contribution in [2.45, 2.75) is 36.7 Å². The summed E-state index contributed by atoms with van der Waals surface area (Å²) in [4.78, 5) is 13.0. The topological polar surface area (TPSA) is 55.6 Å². The fourth-order valence-corrected chi connectivity index (χ4v) is 3.73. The average molecular weight is 341 g/mol. The van der Waals surface area contributed by atoms with Gasteiger partial charge in [0.2, 0.25) is 0 Å². The van der Waals surface area contributed by atoms with Crippen molar-refractivity contribution < 1.29 is 9.66 Å². The first-order valence-electron chi connectivity index (χ1n) is 6.92. The van der Waals surface area contributed by atoms with Gasteiger partial charge in [-0.05, 0) is 31.4 Å². The number of rotatable bonds is 3. The van der Waals surface area contributed by atoms with Gasteiger partial charge < -0.3 is 9.64 Å². The van der Waals surface area contributed by atoms with Crippen LogP contribution in [0.3, 0.4) is 0 Å². The monoisotopic (exact) mass is 340 g/mol. The van der Waals surface area contributed by atoms with E-state index in [1.165, 1.54) is 6.42 Å². The standard InChI is InChI=1S/C14H17BrN2O3/c15-9-10-8-11(4-5-12(10)17(18)19)16-6-7-20-14-3-1-2-13(14)16/h4-5,8,13-14H,1-3,6-7,9H2. The summed E-state index contributed by atoms with van der Waals surface area (Å²) < 4.78 is 5.81. The lowest BCUT2D eigenvalue weighted by Crippen LogP contribution is -2.48. The number of nitro benzene ring substituents is 1. The number of morpholine rings is 1. The van der Waals surface area contributed by atoms with Crippen LogP contribution in [0.4, 0.5) is 11.4 Å². The number of nitro groups is 1. The van der Waals surface area contributed by atoms with E-state index >= 15 is 0 Å². The molecule has 0 bridgehead atoms. The number of nitrogens with zero attached hydrogens (tertiary/aromatic N) is 2. The molecule has 2 aliphatic rings. The van der Waals surface area contributed by atoms with Crippen LogP contribution in [0.25, 0.3) is 0 Å². The fourth-order valence-electron chi connectivity index (χ4n) is 3.28. The molecule has 1 aliphatic carbocycles. The molecule has 3 rings (SSSR count). The minimum Gasteiger partial charge on any atom is -0.374 e. The number of fused-ring (bicyclic) bond motifs is 1. The molecule has 1 saturated carbocycles. The summed E-state index contributed by atoms with van der Waals surface area (Å²) in [6.45, 7) is 1.60. The van der Waals surface area contributed by atoms with Crippen molar-refractivity contribution in [1.29, 1.82) is 0 Å². The quantitative estimate of drug-likeness (QED) is 0.481. The number of benzene rings is 1. The Bertz CT molecular complexity index is 523. The third-order valence-electron chi connectivity index (χ3n) is 4.22. The Balaban J connectivity index is 1.91. The molecule has 2 unspecified atom stereocenters. The maximum Gasteiger partial charge on any atom is 0.273 e. The third kappa shape index (κ3) is 2.42. The molecule has 1 heterocycles. The van der Waals surface area contributed by atoms with Gasteiger partial charge in [0, 0.05) is 29.2 Å². The van der Waals surface area contributed by atoms with Crippen molar-refractivity contribution in [3.05, 3.63) is 33.9 Å². The van der Waals surface area contributed by atoms with Gasteiger partial charge in [-0.1, -0.05) is 15.9 Å². The van der Waals surface area contributed by atoms with Gasteiger partial charge in [-0.25, -0.2) is 0 Å². The minimum absolute atomic E-state index is 0.182. The lowest BCUT2D eigenvalue weighted by atomic mass is 10.1. The van der Waals surface area contributed by atoms with Gasteiger partial charge in [-0.15, -0.1) is 0 Å². The van der Waals surface area contributed by atoms with Gasteiger partial charge >= 0.3 is 0 Å². The van der Waals surface area contributed by atoms with Crippen LogP contribution in [0.5, 0.6) is 0 Å². The summed E-state index contributed by atoms with van der Waals surface area (Å²) >= 11 is 3.34. The second kappa shape index (κ2) is 5.69. The Kier molecular flexibility index (Phi) is 3.94. The molecule has 1 saturated heterocycles. The molecule has 2 fully saturated rings. The molecule has 0 N–H and O–H groups in total. The van der Waals surface area contributed by atoms with Crippen LogP contribution >= 0.6 is 15.9 Å². The molecule has 0 amide bonds. The van der Waals surface area contributed by atoms with Crippen LogP contribution in [0.2, 0.25) is 0 Å². The zero-order valence-corrected chi connectivity index (χ0v) is 12.7. The molecule has 2 atom stereocenters. The van der Waals surface area contributed by atoms with E-state index in [1.54, 1.807) is 6.07 Å². The van der Waals surface area contributed by atoms with Gasteiger partial charge in [0.25, 0.3) is 5.69 Å². The highest BCUT2D eigenvalue weighted by atomic mass is 79.9. The predicted molar refractivity (Wildman–Crippen MR) is 80.5 cm³/mol. The number of alkyl halides is 1. The zero-order valence-electron chi connectivity index (χ0n) is 11.1. The first-order chi connectivity index (χ1) is 9.70. The Hall–Kier alpha value is -1.14. The summed E-state index contributed by atoms with van der Waals surface area (Å²) in [5.41, 5.74) is 1.99. The summed E-state index contributed by atoms with van der Waals surface area (Å²) in [5.74, 6) is 0. The van der Waals surface area contributed by atoms with Crippen molar-refractivity contribution in [3.8, 4) is 0 Å². The van der Waals surface area contributed by atoms with Gasteiger partial charge in [-0.2, -0.15) is 0 Å². The van der Waals surface area contributed by atoms with E-state index in [4.69, 9.17) is 4.74 Å². The Labute approximate surface area is 126 Å². The lowest BCUT2D eigenvalue weighted by Gasteiger charge is -2.39. The zero-order chi connectivity index (χ0) is 14.1. The molecular formula is C14H17BrN2O3. The van der Waals surface area contributed by atoms with E-state index in [-0.39, 0.29) is 10.6 Å². The Morgan fingerprint density at radius 3 is 3.05 bits per heavy atom. The first-order valence-corrected chi connectivity index (χ1v) is 8.04. The molecule has 0 spiro atoms. The summed E-state index contributed by atoms with van der Waals surface area (Å²) in [5, 5.41) is 11.5. The average Bonchev–Trinajstić information content (AvgIpc) is 2.94. The van der Waals surface area contributed by atoms with Crippen molar-refractivity contribution in [2.24, 2.45) is 0 Å². The van der Waals surface area contributed by atoms with Crippen molar-refractivity contribution in [3.63, 3.8) is 0 Å². The molecule has 6 heteroatoms.